The SMILES string of the molecule is O=C(O)COc1ccc(OCCCOc2ccc(-c3ccoc3)cc2-n2nc3ccccc3n2)cc1. The number of aromatic nitrogens is 3. The van der Waals surface area contributed by atoms with Crippen LogP contribution in [0.15, 0.2) is 89.7 Å². The van der Waals surface area contributed by atoms with Crippen LogP contribution in [0.3, 0.4) is 0 Å². The van der Waals surface area contributed by atoms with Gasteiger partial charge in [0, 0.05) is 12.0 Å². The van der Waals surface area contributed by atoms with Gasteiger partial charge in [-0.3, -0.25) is 0 Å². The Bertz CT molecular complexity index is 1410. The smallest absolute Gasteiger partial charge is 0.341 e. The van der Waals surface area contributed by atoms with Crippen molar-refractivity contribution in [1.29, 1.82) is 0 Å². The van der Waals surface area contributed by atoms with E-state index in [9.17, 15) is 4.79 Å². The average Bonchev–Trinajstić information content (AvgIpc) is 3.58. The van der Waals surface area contributed by atoms with E-state index in [0.29, 0.717) is 36.9 Å². The van der Waals surface area contributed by atoms with Crippen molar-refractivity contribution in [2.24, 2.45) is 0 Å². The maximum absolute atomic E-state index is 10.6. The lowest BCUT2D eigenvalue weighted by Crippen LogP contribution is -2.09. The molecule has 1 N–H and O–H groups in total. The lowest BCUT2D eigenvalue weighted by molar-refractivity contribution is -0.139. The van der Waals surface area contributed by atoms with Gasteiger partial charge in [-0.15, -0.1) is 15.0 Å². The van der Waals surface area contributed by atoms with Gasteiger partial charge in [0.05, 0.1) is 25.7 Å². The van der Waals surface area contributed by atoms with E-state index in [4.69, 9.17) is 23.7 Å². The maximum atomic E-state index is 10.6. The van der Waals surface area contributed by atoms with Crippen LogP contribution < -0.4 is 14.2 Å². The highest BCUT2D eigenvalue weighted by Gasteiger charge is 2.13. The third-order valence-corrected chi connectivity index (χ3v) is 5.32. The van der Waals surface area contributed by atoms with E-state index < -0.39 is 5.97 Å². The molecule has 0 aliphatic heterocycles. The van der Waals surface area contributed by atoms with E-state index in [2.05, 4.69) is 10.2 Å². The van der Waals surface area contributed by atoms with Crippen molar-refractivity contribution in [3.05, 3.63) is 85.3 Å². The quantitative estimate of drug-likeness (QED) is 0.261. The largest absolute Gasteiger partial charge is 0.493 e. The van der Waals surface area contributed by atoms with Crippen LogP contribution in [0.2, 0.25) is 0 Å². The maximum Gasteiger partial charge on any atom is 0.341 e. The normalized spacial score (nSPS) is 10.9. The fourth-order valence-electron chi connectivity index (χ4n) is 3.58. The number of carbonyl (C=O) groups is 1. The summed E-state index contributed by atoms with van der Waals surface area (Å²) in [5.41, 5.74) is 4.23. The Morgan fingerprint density at radius 3 is 2.19 bits per heavy atom. The summed E-state index contributed by atoms with van der Waals surface area (Å²) in [5.74, 6) is 0.767. The first-order chi connectivity index (χ1) is 17.7. The molecule has 0 aliphatic rings. The number of nitrogens with zero attached hydrogens (tertiary/aromatic N) is 3. The molecule has 9 heteroatoms. The van der Waals surface area contributed by atoms with Gasteiger partial charge in [-0.1, -0.05) is 18.2 Å². The minimum atomic E-state index is -1.02. The molecule has 3 aromatic carbocycles. The molecule has 182 valence electrons. The van der Waals surface area contributed by atoms with E-state index in [1.807, 2.05) is 48.5 Å². The van der Waals surface area contributed by atoms with E-state index in [-0.39, 0.29) is 6.61 Å². The minimum absolute atomic E-state index is 0.382. The van der Waals surface area contributed by atoms with Crippen LogP contribution in [0.1, 0.15) is 6.42 Å². The summed E-state index contributed by atoms with van der Waals surface area (Å²) in [6.07, 6.45) is 3.97. The van der Waals surface area contributed by atoms with E-state index in [0.717, 1.165) is 27.8 Å². The minimum Gasteiger partial charge on any atom is -0.493 e. The van der Waals surface area contributed by atoms with Crippen molar-refractivity contribution < 1.29 is 28.5 Å². The second kappa shape index (κ2) is 10.6. The Morgan fingerprint density at radius 1 is 0.833 bits per heavy atom. The highest BCUT2D eigenvalue weighted by molar-refractivity contribution is 5.74. The molecule has 9 nitrogen and oxygen atoms in total. The molecule has 5 aromatic rings. The molecule has 0 saturated carbocycles. The van der Waals surface area contributed by atoms with Gasteiger partial charge >= 0.3 is 5.97 Å². The van der Waals surface area contributed by atoms with Crippen LogP contribution >= 0.6 is 0 Å². The van der Waals surface area contributed by atoms with Crippen molar-refractivity contribution in [2.45, 2.75) is 6.42 Å². The molecule has 0 saturated heterocycles. The van der Waals surface area contributed by atoms with Crippen molar-refractivity contribution in [3.63, 3.8) is 0 Å². The van der Waals surface area contributed by atoms with E-state index in [1.165, 1.54) is 0 Å². The van der Waals surface area contributed by atoms with Gasteiger partial charge in [0.1, 0.15) is 34.0 Å². The first-order valence-electron chi connectivity index (χ1n) is 11.3. The third kappa shape index (κ3) is 5.47. The number of aliphatic carboxylic acids is 1. The highest BCUT2D eigenvalue weighted by Crippen LogP contribution is 2.30. The zero-order valence-corrected chi connectivity index (χ0v) is 19.2. The summed E-state index contributed by atoms with van der Waals surface area (Å²) < 4.78 is 22.2. The molecule has 0 bridgehead atoms. The number of rotatable bonds is 11. The molecule has 0 atom stereocenters. The molecule has 2 aromatic heterocycles. The number of fused-ring (bicyclic) bond motifs is 1. The second-order valence-electron chi connectivity index (χ2n) is 7.88. The van der Waals surface area contributed by atoms with E-state index >= 15 is 0 Å². The molecule has 0 spiro atoms. The monoisotopic (exact) mass is 485 g/mol. The summed E-state index contributed by atoms with van der Waals surface area (Å²) >= 11 is 0. The Kier molecular flexibility index (Phi) is 6.79. The lowest BCUT2D eigenvalue weighted by Gasteiger charge is -2.13. The van der Waals surface area contributed by atoms with Gasteiger partial charge in [-0.25, -0.2) is 4.79 Å². The summed E-state index contributed by atoms with van der Waals surface area (Å²) in [7, 11) is 0. The Balaban J connectivity index is 1.23. The Morgan fingerprint density at radius 2 is 1.53 bits per heavy atom. The average molecular weight is 485 g/mol. The van der Waals surface area contributed by atoms with Crippen molar-refractivity contribution in [1.82, 2.24) is 15.0 Å². The van der Waals surface area contributed by atoms with Gasteiger partial charge in [0.25, 0.3) is 0 Å². The van der Waals surface area contributed by atoms with Crippen LogP contribution in [0.5, 0.6) is 17.2 Å². The number of ether oxygens (including phenoxy) is 3. The molecule has 0 unspecified atom stereocenters. The zero-order valence-electron chi connectivity index (χ0n) is 19.2. The van der Waals surface area contributed by atoms with Crippen LogP contribution in [-0.2, 0) is 4.79 Å². The van der Waals surface area contributed by atoms with Gasteiger partial charge in [0.2, 0.25) is 0 Å². The van der Waals surface area contributed by atoms with Crippen molar-refractivity contribution >= 4 is 17.0 Å². The zero-order chi connectivity index (χ0) is 24.7. The Hall–Kier alpha value is -4.79. The molecule has 0 amide bonds. The predicted molar refractivity (Wildman–Crippen MR) is 132 cm³/mol. The molecule has 0 fully saturated rings. The first-order valence-corrected chi connectivity index (χ1v) is 11.3. The number of hydrogen-bond acceptors (Lipinski definition) is 7. The molecule has 0 aliphatic carbocycles. The summed E-state index contributed by atoms with van der Waals surface area (Å²) in [6.45, 7) is 0.493. The van der Waals surface area contributed by atoms with Crippen LogP contribution in [0.25, 0.3) is 27.8 Å². The van der Waals surface area contributed by atoms with E-state index in [1.54, 1.807) is 41.6 Å². The summed E-state index contributed by atoms with van der Waals surface area (Å²) in [6, 6.07) is 22.3. The molecular weight excluding hydrogens is 462 g/mol. The molecular formula is C27H23N3O6. The molecule has 5 rings (SSSR count). The highest BCUT2D eigenvalue weighted by atomic mass is 16.5. The second-order valence-corrected chi connectivity index (χ2v) is 7.88. The Labute approximate surface area is 206 Å². The molecule has 36 heavy (non-hydrogen) atoms. The number of furan rings is 1. The first kappa shape index (κ1) is 23.0. The van der Waals surface area contributed by atoms with Gasteiger partial charge in [-0.2, -0.15) is 0 Å². The summed E-state index contributed by atoms with van der Waals surface area (Å²) in [4.78, 5) is 12.2. The number of hydrogen-bond donors (Lipinski definition) is 1. The van der Waals surface area contributed by atoms with Crippen molar-refractivity contribution in [3.8, 4) is 34.1 Å². The van der Waals surface area contributed by atoms with Crippen LogP contribution in [-0.4, -0.2) is 45.9 Å². The fourth-order valence-corrected chi connectivity index (χ4v) is 3.58. The van der Waals surface area contributed by atoms with Crippen LogP contribution in [0, 0.1) is 0 Å². The number of benzene rings is 3. The summed E-state index contributed by atoms with van der Waals surface area (Å²) in [5, 5.41) is 17.9. The predicted octanol–water partition coefficient (Wildman–Crippen LogP) is 4.99. The topological polar surface area (TPSA) is 109 Å². The number of carboxylic acids is 1. The standard InChI is InChI=1S/C27H23N3O6/c31-27(32)18-36-22-9-7-21(8-10-22)34-13-3-14-35-26-11-6-19(20-12-15-33-17-20)16-25(26)30-28-23-4-1-2-5-24(23)29-30/h1-2,4-12,15-17H,3,13-14,18H2,(H,31,32). The lowest BCUT2D eigenvalue weighted by atomic mass is 10.1. The number of carboxylic acid groups (broad SMARTS) is 1. The fraction of sp³-hybridized carbons (Fsp3) is 0.148. The third-order valence-electron chi connectivity index (χ3n) is 5.32. The van der Waals surface area contributed by atoms with Crippen LogP contribution in [0.4, 0.5) is 0 Å². The van der Waals surface area contributed by atoms with Gasteiger partial charge < -0.3 is 23.7 Å². The molecule has 0 radical (unpaired) electrons. The van der Waals surface area contributed by atoms with Gasteiger partial charge in [0.15, 0.2) is 6.61 Å². The van der Waals surface area contributed by atoms with Gasteiger partial charge in [-0.05, 0) is 60.2 Å². The van der Waals surface area contributed by atoms with Crippen molar-refractivity contribution in [2.75, 3.05) is 19.8 Å². The molecule has 2 heterocycles.